The van der Waals surface area contributed by atoms with Gasteiger partial charge in [0, 0.05) is 43.0 Å². The van der Waals surface area contributed by atoms with E-state index in [1.807, 2.05) is 35.1 Å². The van der Waals surface area contributed by atoms with Crippen molar-refractivity contribution in [3.8, 4) is 0 Å². The van der Waals surface area contributed by atoms with Gasteiger partial charge in [-0.15, -0.1) is 0 Å². The van der Waals surface area contributed by atoms with E-state index in [0.29, 0.717) is 6.54 Å². The van der Waals surface area contributed by atoms with Crippen LogP contribution in [-0.2, 0) is 13.1 Å². The van der Waals surface area contributed by atoms with Crippen molar-refractivity contribution in [2.45, 2.75) is 33.4 Å². The fourth-order valence-electron chi connectivity index (χ4n) is 2.75. The summed E-state index contributed by atoms with van der Waals surface area (Å²) in [5, 5.41) is 12.0. The normalized spacial score (nSPS) is 11.8. The van der Waals surface area contributed by atoms with Crippen LogP contribution >= 0.6 is 0 Å². The number of fused-ring (bicyclic) bond motifs is 1. The zero-order chi connectivity index (χ0) is 17.5. The highest BCUT2D eigenvalue weighted by Gasteiger charge is 2.09. The third-order valence-corrected chi connectivity index (χ3v) is 4.08. The molecule has 0 unspecified atom stereocenters. The summed E-state index contributed by atoms with van der Waals surface area (Å²) in [6.07, 6.45) is 4.76. The summed E-state index contributed by atoms with van der Waals surface area (Å²) in [7, 11) is 0. The van der Waals surface area contributed by atoms with Gasteiger partial charge in [-0.1, -0.05) is 18.2 Å². The van der Waals surface area contributed by atoms with Crippen LogP contribution in [0.25, 0.3) is 11.0 Å². The number of para-hydroxylation sites is 1. The third kappa shape index (κ3) is 4.41. The second-order valence-electron chi connectivity index (χ2n) is 5.89. The minimum atomic E-state index is 0.523. The van der Waals surface area contributed by atoms with Crippen LogP contribution in [0.2, 0.25) is 0 Å². The number of aliphatic imine (C=N–C) groups is 1. The number of guanidine groups is 1. The van der Waals surface area contributed by atoms with Gasteiger partial charge in [-0.2, -0.15) is 5.10 Å². The molecule has 6 heteroatoms. The molecule has 2 aromatic heterocycles. The third-order valence-electron chi connectivity index (χ3n) is 4.08. The lowest BCUT2D eigenvalue weighted by Gasteiger charge is -2.11. The lowest BCUT2D eigenvalue weighted by atomic mass is 10.1. The van der Waals surface area contributed by atoms with Crippen LogP contribution in [0.15, 0.2) is 52.1 Å². The highest BCUT2D eigenvalue weighted by Crippen LogP contribution is 2.25. The van der Waals surface area contributed by atoms with E-state index in [0.717, 1.165) is 54.3 Å². The first-order valence-electron chi connectivity index (χ1n) is 8.74. The van der Waals surface area contributed by atoms with Gasteiger partial charge < -0.3 is 15.1 Å². The molecule has 25 heavy (non-hydrogen) atoms. The zero-order valence-electron chi connectivity index (χ0n) is 14.8. The maximum atomic E-state index is 5.93. The molecule has 2 heterocycles. The maximum Gasteiger partial charge on any atom is 0.191 e. The standard InChI is InChI=1S/C19H25N5O/c1-3-20-19(21-10-6-12-24-13-7-11-23-24)22-14-18-15(2)16-8-4-5-9-17(16)25-18/h4-5,7-9,11,13H,3,6,10,12,14H2,1-2H3,(H2,20,21,22). The molecule has 0 bridgehead atoms. The van der Waals surface area contributed by atoms with Crippen LogP contribution in [0.4, 0.5) is 0 Å². The summed E-state index contributed by atoms with van der Waals surface area (Å²) in [5.41, 5.74) is 2.08. The van der Waals surface area contributed by atoms with Crippen molar-refractivity contribution in [3.05, 3.63) is 54.0 Å². The molecule has 0 aliphatic heterocycles. The molecule has 0 spiro atoms. The number of hydrogen-bond acceptors (Lipinski definition) is 3. The molecule has 0 amide bonds. The first kappa shape index (κ1) is 17.1. The second kappa shape index (κ2) is 8.37. The first-order chi connectivity index (χ1) is 12.3. The van der Waals surface area contributed by atoms with Gasteiger partial charge in [0.15, 0.2) is 5.96 Å². The lowest BCUT2D eigenvalue weighted by Crippen LogP contribution is -2.38. The van der Waals surface area contributed by atoms with Crippen molar-refractivity contribution >= 4 is 16.9 Å². The Morgan fingerprint density at radius 1 is 1.24 bits per heavy atom. The molecule has 0 fully saturated rings. The van der Waals surface area contributed by atoms with Gasteiger partial charge in [0.2, 0.25) is 0 Å². The fourth-order valence-corrected chi connectivity index (χ4v) is 2.75. The molecule has 0 aliphatic carbocycles. The van der Waals surface area contributed by atoms with E-state index in [1.165, 1.54) is 0 Å². The van der Waals surface area contributed by atoms with Crippen LogP contribution in [0, 0.1) is 6.92 Å². The largest absolute Gasteiger partial charge is 0.459 e. The average molecular weight is 339 g/mol. The molecule has 0 atom stereocenters. The predicted octanol–water partition coefficient (Wildman–Crippen LogP) is 3.08. The lowest BCUT2D eigenvalue weighted by molar-refractivity contribution is 0.546. The SMILES string of the molecule is CCNC(=NCc1oc2ccccc2c1C)NCCCn1cccn1. The Morgan fingerprint density at radius 3 is 2.88 bits per heavy atom. The van der Waals surface area contributed by atoms with E-state index < -0.39 is 0 Å². The number of aryl methyl sites for hydroxylation is 2. The number of rotatable bonds is 7. The number of nitrogens with one attached hydrogen (secondary N) is 2. The van der Waals surface area contributed by atoms with E-state index in [2.05, 4.69) is 40.6 Å². The summed E-state index contributed by atoms with van der Waals surface area (Å²) < 4.78 is 7.86. The zero-order valence-corrected chi connectivity index (χ0v) is 14.8. The molecule has 0 saturated carbocycles. The predicted molar refractivity (Wildman–Crippen MR) is 101 cm³/mol. The smallest absolute Gasteiger partial charge is 0.191 e. The van der Waals surface area contributed by atoms with Crippen LogP contribution < -0.4 is 10.6 Å². The maximum absolute atomic E-state index is 5.93. The van der Waals surface area contributed by atoms with Gasteiger partial charge >= 0.3 is 0 Å². The van der Waals surface area contributed by atoms with Gasteiger partial charge in [-0.05, 0) is 32.4 Å². The van der Waals surface area contributed by atoms with E-state index in [-0.39, 0.29) is 0 Å². The summed E-state index contributed by atoms with van der Waals surface area (Å²) in [6, 6.07) is 10.0. The van der Waals surface area contributed by atoms with Crippen molar-refractivity contribution in [2.75, 3.05) is 13.1 Å². The van der Waals surface area contributed by atoms with Crippen molar-refractivity contribution in [2.24, 2.45) is 4.99 Å². The number of aromatic nitrogens is 2. The van der Waals surface area contributed by atoms with Crippen molar-refractivity contribution < 1.29 is 4.42 Å². The number of hydrogen-bond donors (Lipinski definition) is 2. The van der Waals surface area contributed by atoms with Crippen molar-refractivity contribution in [3.63, 3.8) is 0 Å². The first-order valence-corrected chi connectivity index (χ1v) is 8.74. The number of furan rings is 1. The number of benzene rings is 1. The number of nitrogens with zero attached hydrogens (tertiary/aromatic N) is 3. The van der Waals surface area contributed by atoms with Crippen molar-refractivity contribution in [1.82, 2.24) is 20.4 Å². The molecule has 1 aromatic carbocycles. The van der Waals surface area contributed by atoms with E-state index in [4.69, 9.17) is 4.42 Å². The molecule has 6 nitrogen and oxygen atoms in total. The summed E-state index contributed by atoms with van der Waals surface area (Å²) >= 11 is 0. The van der Waals surface area contributed by atoms with Gasteiger partial charge in [0.1, 0.15) is 17.9 Å². The van der Waals surface area contributed by atoms with Crippen LogP contribution in [0.3, 0.4) is 0 Å². The Hall–Kier alpha value is -2.76. The highest BCUT2D eigenvalue weighted by molar-refractivity contribution is 5.82. The van der Waals surface area contributed by atoms with Gasteiger partial charge in [0.25, 0.3) is 0 Å². The van der Waals surface area contributed by atoms with Crippen LogP contribution in [-0.4, -0.2) is 28.8 Å². The molecule has 3 aromatic rings. The average Bonchev–Trinajstić information content (AvgIpc) is 3.25. The van der Waals surface area contributed by atoms with Gasteiger partial charge in [0.05, 0.1) is 0 Å². The van der Waals surface area contributed by atoms with E-state index >= 15 is 0 Å². The Bertz CT molecular complexity index is 820. The van der Waals surface area contributed by atoms with E-state index in [9.17, 15) is 0 Å². The molecule has 3 rings (SSSR count). The van der Waals surface area contributed by atoms with Gasteiger partial charge in [-0.3, -0.25) is 4.68 Å². The molecular formula is C19H25N5O. The summed E-state index contributed by atoms with van der Waals surface area (Å²) in [4.78, 5) is 4.65. The topological polar surface area (TPSA) is 67.4 Å². The molecule has 0 aliphatic rings. The van der Waals surface area contributed by atoms with Crippen LogP contribution in [0.5, 0.6) is 0 Å². The Balaban J connectivity index is 1.58. The minimum Gasteiger partial charge on any atom is -0.459 e. The van der Waals surface area contributed by atoms with Crippen LogP contribution in [0.1, 0.15) is 24.7 Å². The second-order valence-corrected chi connectivity index (χ2v) is 5.89. The van der Waals surface area contributed by atoms with Crippen molar-refractivity contribution in [1.29, 1.82) is 0 Å². The fraction of sp³-hybridized carbons (Fsp3) is 0.368. The molecular weight excluding hydrogens is 314 g/mol. The van der Waals surface area contributed by atoms with Gasteiger partial charge in [-0.25, -0.2) is 4.99 Å². The summed E-state index contributed by atoms with van der Waals surface area (Å²) in [5.74, 6) is 1.72. The molecule has 132 valence electrons. The monoisotopic (exact) mass is 339 g/mol. The molecule has 0 saturated heterocycles. The van der Waals surface area contributed by atoms with E-state index in [1.54, 1.807) is 6.20 Å². The molecule has 0 radical (unpaired) electrons. The summed E-state index contributed by atoms with van der Waals surface area (Å²) in [6.45, 7) is 7.22. The Labute approximate surface area is 147 Å². The molecule has 2 N–H and O–H groups in total. The Kier molecular flexibility index (Phi) is 5.72. The highest BCUT2D eigenvalue weighted by atomic mass is 16.3. The Morgan fingerprint density at radius 2 is 2.12 bits per heavy atom. The quantitative estimate of drug-likeness (QED) is 0.394. The minimum absolute atomic E-state index is 0.523.